The molecule has 0 radical (unpaired) electrons. The lowest BCUT2D eigenvalue weighted by molar-refractivity contribution is 0.0694. The van der Waals surface area contributed by atoms with Gasteiger partial charge in [-0.25, -0.2) is 13.6 Å². The van der Waals surface area contributed by atoms with E-state index in [1.165, 1.54) is 6.92 Å². The van der Waals surface area contributed by atoms with Gasteiger partial charge in [0.05, 0.1) is 11.3 Å². The molecule has 0 aliphatic carbocycles. The van der Waals surface area contributed by atoms with Crippen molar-refractivity contribution in [2.24, 2.45) is 0 Å². The van der Waals surface area contributed by atoms with Crippen molar-refractivity contribution in [1.29, 1.82) is 0 Å². The molecular weight excluding hydrogens is 260 g/mol. The van der Waals surface area contributed by atoms with Crippen molar-refractivity contribution in [3.8, 4) is 0 Å². The summed E-state index contributed by atoms with van der Waals surface area (Å²) in [6.07, 6.45) is -2.72. The predicted octanol–water partition coefficient (Wildman–Crippen LogP) is 2.79. The molecule has 0 fully saturated rings. The van der Waals surface area contributed by atoms with Crippen LogP contribution >= 0.6 is 15.9 Å². The zero-order valence-corrected chi connectivity index (χ0v) is 8.68. The van der Waals surface area contributed by atoms with Gasteiger partial charge < -0.3 is 5.11 Å². The van der Waals surface area contributed by atoms with E-state index in [1.807, 2.05) is 0 Å². The molecule has 6 heteroatoms. The molecule has 0 unspecified atom stereocenters. The van der Waals surface area contributed by atoms with Gasteiger partial charge in [0.15, 0.2) is 0 Å². The second kappa shape index (κ2) is 4.00. The minimum Gasteiger partial charge on any atom is -0.478 e. The minimum absolute atomic E-state index is 0.00972. The van der Waals surface area contributed by atoms with E-state index < -0.39 is 18.1 Å². The van der Waals surface area contributed by atoms with Crippen LogP contribution in [0.15, 0.2) is 10.5 Å². The fourth-order valence-corrected chi connectivity index (χ4v) is 1.46. The molecule has 1 aromatic rings. The van der Waals surface area contributed by atoms with Gasteiger partial charge in [0.1, 0.15) is 5.69 Å². The summed E-state index contributed by atoms with van der Waals surface area (Å²) >= 11 is 2.84. The summed E-state index contributed by atoms with van der Waals surface area (Å²) in [5.74, 6) is -1.18. The molecule has 1 N–H and O–H groups in total. The van der Waals surface area contributed by atoms with Crippen molar-refractivity contribution in [2.45, 2.75) is 13.3 Å². The van der Waals surface area contributed by atoms with Crippen molar-refractivity contribution in [3.05, 3.63) is 27.5 Å². The van der Waals surface area contributed by atoms with E-state index in [9.17, 15) is 13.6 Å². The Morgan fingerprint density at radius 2 is 2.21 bits per heavy atom. The molecule has 76 valence electrons. The van der Waals surface area contributed by atoms with Crippen LogP contribution in [0.25, 0.3) is 0 Å². The second-order valence-corrected chi connectivity index (χ2v) is 3.45. The van der Waals surface area contributed by atoms with Crippen molar-refractivity contribution in [3.63, 3.8) is 0 Å². The molecule has 3 nitrogen and oxygen atoms in total. The van der Waals surface area contributed by atoms with Crippen molar-refractivity contribution in [2.75, 3.05) is 0 Å². The van der Waals surface area contributed by atoms with Gasteiger partial charge in [-0.3, -0.25) is 4.98 Å². The molecular formula is C8H6BrF2NO2. The molecule has 1 heterocycles. The van der Waals surface area contributed by atoms with E-state index in [0.717, 1.165) is 6.07 Å². The summed E-state index contributed by atoms with van der Waals surface area (Å²) in [4.78, 5) is 14.1. The van der Waals surface area contributed by atoms with Crippen LogP contribution < -0.4 is 0 Å². The monoisotopic (exact) mass is 265 g/mol. The summed E-state index contributed by atoms with van der Waals surface area (Å²) in [7, 11) is 0. The van der Waals surface area contributed by atoms with Crippen LogP contribution in [0.1, 0.15) is 28.2 Å². The van der Waals surface area contributed by atoms with E-state index in [1.54, 1.807) is 0 Å². The van der Waals surface area contributed by atoms with Gasteiger partial charge in [-0.1, -0.05) is 0 Å². The van der Waals surface area contributed by atoms with Gasteiger partial charge in [-0.2, -0.15) is 0 Å². The molecule has 1 aromatic heterocycles. The van der Waals surface area contributed by atoms with Gasteiger partial charge in [0, 0.05) is 4.47 Å². The number of aromatic nitrogens is 1. The summed E-state index contributed by atoms with van der Waals surface area (Å²) in [6, 6.07) is 1.13. The number of rotatable bonds is 2. The van der Waals surface area contributed by atoms with Gasteiger partial charge in [0.25, 0.3) is 6.43 Å². The number of carbonyl (C=O) groups is 1. The van der Waals surface area contributed by atoms with Crippen molar-refractivity contribution < 1.29 is 18.7 Å². The lowest BCUT2D eigenvalue weighted by Crippen LogP contribution is -2.05. The number of carboxylic acids is 1. The maximum Gasteiger partial charge on any atom is 0.337 e. The van der Waals surface area contributed by atoms with E-state index >= 15 is 0 Å². The third-order valence-electron chi connectivity index (χ3n) is 1.63. The molecule has 0 aliphatic rings. The number of alkyl halides is 2. The van der Waals surface area contributed by atoms with Gasteiger partial charge >= 0.3 is 5.97 Å². The number of nitrogens with zero attached hydrogens (tertiary/aromatic N) is 1. The SMILES string of the molecule is Cc1nc(C(F)F)c(Br)cc1C(=O)O. The van der Waals surface area contributed by atoms with E-state index in [2.05, 4.69) is 20.9 Å². The fourth-order valence-electron chi connectivity index (χ4n) is 0.969. The largest absolute Gasteiger partial charge is 0.478 e. The summed E-state index contributed by atoms with van der Waals surface area (Å²) in [6.45, 7) is 1.38. The standard InChI is InChI=1S/C8H6BrF2NO2/c1-3-4(8(13)14)2-5(9)6(12-3)7(10)11/h2,7H,1H3,(H,13,14). The third-order valence-corrected chi connectivity index (χ3v) is 2.27. The summed E-state index contributed by atoms with van der Waals surface area (Å²) < 4.78 is 24.6. The molecule has 0 atom stereocenters. The smallest absolute Gasteiger partial charge is 0.337 e. The summed E-state index contributed by atoms with van der Waals surface area (Å²) in [5, 5.41) is 8.67. The van der Waals surface area contributed by atoms with Crippen LogP contribution in [0.4, 0.5) is 8.78 Å². The number of carboxylic acid groups (broad SMARTS) is 1. The summed E-state index contributed by atoms with van der Waals surface area (Å²) in [5.41, 5.74) is -0.440. The Balaban J connectivity index is 3.31. The third kappa shape index (κ3) is 2.06. The Kier molecular flexibility index (Phi) is 3.15. The van der Waals surface area contributed by atoms with E-state index in [-0.39, 0.29) is 15.7 Å². The number of pyridine rings is 1. The maximum absolute atomic E-state index is 12.3. The average molecular weight is 266 g/mol. The Morgan fingerprint density at radius 3 is 2.64 bits per heavy atom. The molecule has 0 spiro atoms. The minimum atomic E-state index is -2.72. The van der Waals surface area contributed by atoms with Crippen molar-refractivity contribution in [1.82, 2.24) is 4.98 Å². The topological polar surface area (TPSA) is 50.2 Å². The Labute approximate surface area is 86.9 Å². The number of aryl methyl sites for hydroxylation is 1. The zero-order valence-electron chi connectivity index (χ0n) is 7.09. The Morgan fingerprint density at radius 1 is 1.64 bits per heavy atom. The van der Waals surface area contributed by atoms with Crippen LogP contribution in [0, 0.1) is 6.92 Å². The van der Waals surface area contributed by atoms with Crippen LogP contribution in [0.5, 0.6) is 0 Å². The molecule has 0 bridgehead atoms. The van der Waals surface area contributed by atoms with Crippen LogP contribution in [-0.4, -0.2) is 16.1 Å². The van der Waals surface area contributed by atoms with E-state index in [0.29, 0.717) is 0 Å². The van der Waals surface area contributed by atoms with Crippen LogP contribution in [0.3, 0.4) is 0 Å². The molecule has 0 saturated carbocycles. The van der Waals surface area contributed by atoms with Gasteiger partial charge in [0.2, 0.25) is 0 Å². The second-order valence-electron chi connectivity index (χ2n) is 2.59. The Hall–Kier alpha value is -1.04. The molecule has 0 aromatic carbocycles. The average Bonchev–Trinajstić information content (AvgIpc) is 2.07. The molecule has 0 aliphatic heterocycles. The highest BCUT2D eigenvalue weighted by atomic mass is 79.9. The molecule has 0 saturated heterocycles. The van der Waals surface area contributed by atoms with Gasteiger partial charge in [-0.05, 0) is 28.9 Å². The van der Waals surface area contributed by atoms with Crippen LogP contribution in [0.2, 0.25) is 0 Å². The molecule has 14 heavy (non-hydrogen) atoms. The van der Waals surface area contributed by atoms with Crippen LogP contribution in [-0.2, 0) is 0 Å². The lowest BCUT2D eigenvalue weighted by Gasteiger charge is -2.06. The highest BCUT2D eigenvalue weighted by molar-refractivity contribution is 9.10. The van der Waals surface area contributed by atoms with Crippen molar-refractivity contribution >= 4 is 21.9 Å². The first kappa shape index (κ1) is 11.0. The highest BCUT2D eigenvalue weighted by Crippen LogP contribution is 2.27. The number of hydrogen-bond acceptors (Lipinski definition) is 2. The van der Waals surface area contributed by atoms with Gasteiger partial charge in [-0.15, -0.1) is 0 Å². The molecule has 0 amide bonds. The molecule has 1 rings (SSSR count). The normalized spacial score (nSPS) is 10.6. The maximum atomic E-state index is 12.3. The zero-order chi connectivity index (χ0) is 10.9. The quantitative estimate of drug-likeness (QED) is 0.895. The highest BCUT2D eigenvalue weighted by Gasteiger charge is 2.18. The first-order chi connectivity index (χ1) is 6.43. The first-order valence-corrected chi connectivity index (χ1v) is 4.41. The fraction of sp³-hybridized carbons (Fsp3) is 0.250. The number of aromatic carboxylic acids is 1. The Bertz CT molecular complexity index is 382. The number of halogens is 3. The predicted molar refractivity (Wildman–Crippen MR) is 48.6 cm³/mol. The van der Waals surface area contributed by atoms with E-state index in [4.69, 9.17) is 5.11 Å². The lowest BCUT2D eigenvalue weighted by atomic mass is 10.2. The number of hydrogen-bond donors (Lipinski definition) is 1. The first-order valence-electron chi connectivity index (χ1n) is 3.62.